The van der Waals surface area contributed by atoms with E-state index in [1.54, 1.807) is 6.07 Å². The van der Waals surface area contributed by atoms with Gasteiger partial charge in [0.25, 0.3) is 5.91 Å². The van der Waals surface area contributed by atoms with Crippen LogP contribution >= 0.6 is 22.9 Å². The summed E-state index contributed by atoms with van der Waals surface area (Å²) in [5.41, 5.74) is 1.22. The molecule has 1 aromatic carbocycles. The van der Waals surface area contributed by atoms with Crippen molar-refractivity contribution in [1.29, 1.82) is 0 Å². The van der Waals surface area contributed by atoms with Crippen LogP contribution in [0, 0.1) is 0 Å². The van der Waals surface area contributed by atoms with Gasteiger partial charge in [0.1, 0.15) is 0 Å². The van der Waals surface area contributed by atoms with Gasteiger partial charge >= 0.3 is 0 Å². The first-order chi connectivity index (χ1) is 9.25. The summed E-state index contributed by atoms with van der Waals surface area (Å²) in [5.74, 6) is 0.100. The van der Waals surface area contributed by atoms with Gasteiger partial charge in [0, 0.05) is 6.54 Å². The summed E-state index contributed by atoms with van der Waals surface area (Å²) in [6.45, 7) is 0.827. The van der Waals surface area contributed by atoms with Crippen LogP contribution in [0.5, 0.6) is 0 Å². The number of carbonyl (C=O) groups excluding carboxylic acids is 1. The first kappa shape index (κ1) is 12.7. The molecule has 0 aliphatic carbocycles. The molecule has 2 nitrogen and oxygen atoms in total. The number of halogens is 1. The third-order valence-corrected chi connectivity index (χ3v) is 4.70. The number of carbonyl (C=O) groups is 1. The van der Waals surface area contributed by atoms with E-state index in [2.05, 4.69) is 12.1 Å². The average molecular weight is 292 g/mol. The lowest BCUT2D eigenvalue weighted by Gasteiger charge is -2.24. The van der Waals surface area contributed by atoms with E-state index in [9.17, 15) is 4.79 Å². The van der Waals surface area contributed by atoms with Crippen LogP contribution in [0.3, 0.4) is 0 Å². The van der Waals surface area contributed by atoms with Crippen molar-refractivity contribution in [3.63, 3.8) is 0 Å². The highest BCUT2D eigenvalue weighted by atomic mass is 35.5. The molecule has 0 bridgehead atoms. The summed E-state index contributed by atoms with van der Waals surface area (Å²) in [7, 11) is 0. The molecule has 2 heterocycles. The van der Waals surface area contributed by atoms with Gasteiger partial charge in [0.2, 0.25) is 0 Å². The van der Waals surface area contributed by atoms with Gasteiger partial charge in [0.15, 0.2) is 0 Å². The normalized spacial score (nSPS) is 18.8. The van der Waals surface area contributed by atoms with Gasteiger partial charge in [-0.05, 0) is 30.5 Å². The molecule has 0 saturated carbocycles. The van der Waals surface area contributed by atoms with Crippen molar-refractivity contribution in [3.05, 3.63) is 57.2 Å². The summed E-state index contributed by atoms with van der Waals surface area (Å²) >= 11 is 7.27. The van der Waals surface area contributed by atoms with E-state index in [1.165, 1.54) is 16.9 Å². The van der Waals surface area contributed by atoms with Crippen LogP contribution in [0.4, 0.5) is 0 Å². The molecule has 0 N–H and O–H groups in total. The molecule has 1 saturated heterocycles. The molecule has 3 rings (SSSR count). The van der Waals surface area contributed by atoms with Crippen LogP contribution in [0.2, 0.25) is 4.34 Å². The smallest absolute Gasteiger partial charge is 0.264 e. The molecule has 1 unspecified atom stereocenters. The molecule has 0 radical (unpaired) electrons. The maximum Gasteiger partial charge on any atom is 0.264 e. The highest BCUT2D eigenvalue weighted by Gasteiger charge is 2.30. The van der Waals surface area contributed by atoms with Gasteiger partial charge in [-0.15, -0.1) is 11.3 Å². The molecular weight excluding hydrogens is 278 g/mol. The Bertz CT molecular complexity index is 581. The van der Waals surface area contributed by atoms with Crippen molar-refractivity contribution in [2.45, 2.75) is 18.9 Å². The fraction of sp³-hybridized carbons (Fsp3) is 0.267. The van der Waals surface area contributed by atoms with Crippen molar-refractivity contribution < 1.29 is 4.79 Å². The monoisotopic (exact) mass is 291 g/mol. The second kappa shape index (κ2) is 5.35. The maximum atomic E-state index is 12.5. The minimum atomic E-state index is 0.100. The van der Waals surface area contributed by atoms with E-state index in [0.717, 1.165) is 24.3 Å². The summed E-state index contributed by atoms with van der Waals surface area (Å²) in [4.78, 5) is 15.2. The minimum Gasteiger partial charge on any atom is -0.331 e. The van der Waals surface area contributed by atoms with Crippen molar-refractivity contribution in [2.24, 2.45) is 0 Å². The molecule has 19 heavy (non-hydrogen) atoms. The van der Waals surface area contributed by atoms with Gasteiger partial charge in [-0.25, -0.2) is 0 Å². The molecule has 1 aliphatic rings. The van der Waals surface area contributed by atoms with Crippen LogP contribution in [-0.2, 0) is 0 Å². The molecule has 1 aliphatic heterocycles. The average Bonchev–Trinajstić information content (AvgIpc) is 3.07. The van der Waals surface area contributed by atoms with Crippen molar-refractivity contribution in [2.75, 3.05) is 6.54 Å². The topological polar surface area (TPSA) is 20.3 Å². The maximum absolute atomic E-state index is 12.5. The molecule has 0 spiro atoms. The number of benzene rings is 1. The highest BCUT2D eigenvalue weighted by molar-refractivity contribution is 7.17. The van der Waals surface area contributed by atoms with E-state index in [1.807, 2.05) is 29.2 Å². The Morgan fingerprint density at radius 1 is 1.21 bits per heavy atom. The molecule has 1 amide bonds. The molecular formula is C15H14ClNOS. The molecule has 1 atom stereocenters. The third-order valence-electron chi connectivity index (χ3n) is 3.48. The molecule has 2 aromatic rings. The lowest BCUT2D eigenvalue weighted by atomic mass is 10.0. The van der Waals surface area contributed by atoms with Gasteiger partial charge in [-0.1, -0.05) is 41.9 Å². The zero-order valence-electron chi connectivity index (χ0n) is 10.4. The zero-order valence-corrected chi connectivity index (χ0v) is 12.0. The standard InChI is InChI=1S/C15H14ClNOS/c16-14-9-8-13(19-14)15(18)17-10-4-7-12(17)11-5-2-1-3-6-11/h1-3,5-6,8-9,12H,4,7,10H2. The van der Waals surface area contributed by atoms with E-state index in [-0.39, 0.29) is 11.9 Å². The van der Waals surface area contributed by atoms with Gasteiger partial charge in [-0.2, -0.15) is 0 Å². The second-order valence-electron chi connectivity index (χ2n) is 4.67. The van der Waals surface area contributed by atoms with Gasteiger partial charge in [0.05, 0.1) is 15.3 Å². The van der Waals surface area contributed by atoms with Crippen LogP contribution in [0.1, 0.15) is 34.1 Å². The Morgan fingerprint density at radius 3 is 2.68 bits per heavy atom. The Morgan fingerprint density at radius 2 is 2.00 bits per heavy atom. The largest absolute Gasteiger partial charge is 0.331 e. The molecule has 98 valence electrons. The van der Waals surface area contributed by atoms with E-state index >= 15 is 0 Å². The Kier molecular flexibility index (Phi) is 3.58. The van der Waals surface area contributed by atoms with E-state index in [0.29, 0.717) is 4.34 Å². The summed E-state index contributed by atoms with van der Waals surface area (Å²) in [5, 5.41) is 0. The van der Waals surface area contributed by atoms with Crippen LogP contribution in [0.25, 0.3) is 0 Å². The minimum absolute atomic E-state index is 0.100. The number of hydrogen-bond acceptors (Lipinski definition) is 2. The second-order valence-corrected chi connectivity index (χ2v) is 6.39. The number of hydrogen-bond donors (Lipinski definition) is 0. The number of rotatable bonds is 2. The Hall–Kier alpha value is -1.32. The third kappa shape index (κ3) is 2.53. The van der Waals surface area contributed by atoms with Crippen molar-refractivity contribution >= 4 is 28.8 Å². The van der Waals surface area contributed by atoms with Crippen LogP contribution < -0.4 is 0 Å². The number of likely N-dealkylation sites (tertiary alicyclic amines) is 1. The molecule has 4 heteroatoms. The predicted molar refractivity (Wildman–Crippen MR) is 78.8 cm³/mol. The number of thiophene rings is 1. The van der Waals surface area contributed by atoms with E-state index in [4.69, 9.17) is 11.6 Å². The summed E-state index contributed by atoms with van der Waals surface area (Å²) in [6, 6.07) is 14.0. The quantitative estimate of drug-likeness (QED) is 0.804. The van der Waals surface area contributed by atoms with E-state index < -0.39 is 0 Å². The molecule has 1 aromatic heterocycles. The highest BCUT2D eigenvalue weighted by Crippen LogP contribution is 2.34. The molecule has 1 fully saturated rings. The zero-order chi connectivity index (χ0) is 13.2. The van der Waals surface area contributed by atoms with Crippen molar-refractivity contribution in [3.8, 4) is 0 Å². The first-order valence-corrected chi connectivity index (χ1v) is 7.56. The van der Waals surface area contributed by atoms with Crippen molar-refractivity contribution in [1.82, 2.24) is 4.90 Å². The lowest BCUT2D eigenvalue weighted by molar-refractivity contribution is 0.0740. The van der Waals surface area contributed by atoms with Gasteiger partial charge in [-0.3, -0.25) is 4.79 Å². The van der Waals surface area contributed by atoms with Gasteiger partial charge < -0.3 is 4.90 Å². The Balaban J connectivity index is 1.86. The Labute approximate surface area is 121 Å². The predicted octanol–water partition coefficient (Wildman–Crippen LogP) is 4.38. The number of amides is 1. The SMILES string of the molecule is O=C(c1ccc(Cl)s1)N1CCCC1c1ccccc1. The first-order valence-electron chi connectivity index (χ1n) is 6.37. The van der Waals surface area contributed by atoms with Crippen LogP contribution in [0.15, 0.2) is 42.5 Å². The summed E-state index contributed by atoms with van der Waals surface area (Å²) < 4.78 is 0.666. The van der Waals surface area contributed by atoms with Crippen LogP contribution in [-0.4, -0.2) is 17.4 Å². The fourth-order valence-corrected chi connectivity index (χ4v) is 3.60. The lowest BCUT2D eigenvalue weighted by Crippen LogP contribution is -2.29. The fourth-order valence-electron chi connectivity index (χ4n) is 2.60. The number of nitrogens with zero attached hydrogens (tertiary/aromatic N) is 1. The summed E-state index contributed by atoms with van der Waals surface area (Å²) in [6.07, 6.45) is 2.10.